The molecule has 0 aliphatic heterocycles. The third-order valence-corrected chi connectivity index (χ3v) is 10.8. The van der Waals surface area contributed by atoms with Gasteiger partial charge in [-0.25, -0.2) is 0 Å². The van der Waals surface area contributed by atoms with Crippen molar-refractivity contribution in [3.63, 3.8) is 0 Å². The van der Waals surface area contributed by atoms with Gasteiger partial charge in [-0.3, -0.25) is 0 Å². The number of nitrogens with zero attached hydrogens (tertiary/aromatic N) is 1. The summed E-state index contributed by atoms with van der Waals surface area (Å²) in [5, 5.41) is 4.90. The molecule has 7 aromatic carbocycles. The van der Waals surface area contributed by atoms with Gasteiger partial charge in [0.1, 0.15) is 5.58 Å². The highest BCUT2D eigenvalue weighted by molar-refractivity contribution is 7.25. The Balaban J connectivity index is 1.18. The van der Waals surface area contributed by atoms with E-state index >= 15 is 0 Å². The summed E-state index contributed by atoms with van der Waals surface area (Å²) in [6.07, 6.45) is 0. The number of fused-ring (bicyclic) bond motifs is 6. The first-order chi connectivity index (χ1) is 23.9. The standard InChI is InChI=1S/C46H35NOS/c1-46(2,3)34-21-26-42-39(29-34)38-13-9-14-41(45(38)48-42)47(35-22-16-31(17-23-35)30-10-5-4-6-11-30)36-24-18-32(19-25-36)33-20-27-44-40(28-33)37-12-7-8-15-43(37)49-44/h4-29H,1-3H3. The van der Waals surface area contributed by atoms with Crippen LogP contribution in [0.1, 0.15) is 26.3 Å². The van der Waals surface area contributed by atoms with Crippen LogP contribution in [0.4, 0.5) is 17.1 Å². The second-order valence-corrected chi connectivity index (χ2v) is 14.9. The zero-order valence-electron chi connectivity index (χ0n) is 27.8. The maximum absolute atomic E-state index is 6.69. The largest absolute Gasteiger partial charge is 0.454 e. The van der Waals surface area contributed by atoms with Crippen molar-refractivity contribution in [3.05, 3.63) is 163 Å². The molecule has 0 fully saturated rings. The van der Waals surface area contributed by atoms with Gasteiger partial charge in [0, 0.05) is 42.3 Å². The fourth-order valence-corrected chi connectivity index (χ4v) is 8.08. The third kappa shape index (κ3) is 5.18. The van der Waals surface area contributed by atoms with Crippen LogP contribution in [0.5, 0.6) is 0 Å². The zero-order valence-corrected chi connectivity index (χ0v) is 28.6. The van der Waals surface area contributed by atoms with Crippen LogP contribution in [-0.4, -0.2) is 0 Å². The Morgan fingerprint density at radius 2 is 1.08 bits per heavy atom. The number of hydrogen-bond donors (Lipinski definition) is 0. The smallest absolute Gasteiger partial charge is 0.159 e. The van der Waals surface area contributed by atoms with Gasteiger partial charge in [-0.15, -0.1) is 11.3 Å². The lowest BCUT2D eigenvalue weighted by molar-refractivity contribution is 0.590. The van der Waals surface area contributed by atoms with E-state index in [1.54, 1.807) is 0 Å². The minimum Gasteiger partial charge on any atom is -0.454 e. The van der Waals surface area contributed by atoms with Crippen molar-refractivity contribution in [1.82, 2.24) is 0 Å². The highest BCUT2D eigenvalue weighted by atomic mass is 32.1. The van der Waals surface area contributed by atoms with Gasteiger partial charge < -0.3 is 9.32 Å². The fraction of sp³-hybridized carbons (Fsp3) is 0.0870. The summed E-state index contributed by atoms with van der Waals surface area (Å²) >= 11 is 1.86. The Morgan fingerprint density at radius 3 is 1.82 bits per heavy atom. The number of hydrogen-bond acceptors (Lipinski definition) is 3. The molecule has 0 aliphatic rings. The number of benzene rings is 7. The van der Waals surface area contributed by atoms with Crippen LogP contribution < -0.4 is 4.90 Å². The van der Waals surface area contributed by atoms with Crippen LogP contribution >= 0.6 is 11.3 Å². The molecule has 0 radical (unpaired) electrons. The van der Waals surface area contributed by atoms with E-state index in [1.807, 2.05) is 11.3 Å². The van der Waals surface area contributed by atoms with Gasteiger partial charge in [0.05, 0.1) is 5.69 Å². The first-order valence-electron chi connectivity index (χ1n) is 16.8. The van der Waals surface area contributed by atoms with E-state index in [2.05, 4.69) is 183 Å². The normalized spacial score (nSPS) is 12.0. The molecule has 0 saturated heterocycles. The Morgan fingerprint density at radius 1 is 0.469 bits per heavy atom. The summed E-state index contributed by atoms with van der Waals surface area (Å²) in [6, 6.07) is 57.0. The van der Waals surface area contributed by atoms with Gasteiger partial charge in [0.25, 0.3) is 0 Å². The van der Waals surface area contributed by atoms with Crippen molar-refractivity contribution in [3.8, 4) is 22.3 Å². The average Bonchev–Trinajstić information content (AvgIpc) is 3.71. The third-order valence-electron chi connectivity index (χ3n) is 9.65. The van der Waals surface area contributed by atoms with Crippen molar-refractivity contribution < 1.29 is 4.42 Å². The molecule has 0 aliphatic carbocycles. The summed E-state index contributed by atoms with van der Waals surface area (Å²) < 4.78 is 9.34. The van der Waals surface area contributed by atoms with Gasteiger partial charge in [0.15, 0.2) is 5.58 Å². The molecule has 2 nitrogen and oxygen atoms in total. The molecule has 2 aromatic heterocycles. The maximum atomic E-state index is 6.69. The van der Waals surface area contributed by atoms with Gasteiger partial charge in [-0.2, -0.15) is 0 Å². The van der Waals surface area contributed by atoms with Crippen molar-refractivity contribution in [2.75, 3.05) is 4.90 Å². The van der Waals surface area contributed by atoms with E-state index in [0.29, 0.717) is 0 Å². The fourth-order valence-electron chi connectivity index (χ4n) is 7.00. The van der Waals surface area contributed by atoms with Gasteiger partial charge >= 0.3 is 0 Å². The quantitative estimate of drug-likeness (QED) is 0.184. The summed E-state index contributed by atoms with van der Waals surface area (Å²) in [6.45, 7) is 6.77. The van der Waals surface area contributed by atoms with Crippen LogP contribution in [-0.2, 0) is 5.41 Å². The molecular weight excluding hydrogens is 615 g/mol. The highest BCUT2D eigenvalue weighted by Gasteiger charge is 2.21. The second kappa shape index (κ2) is 11.5. The second-order valence-electron chi connectivity index (χ2n) is 13.8. The molecule has 49 heavy (non-hydrogen) atoms. The first kappa shape index (κ1) is 29.5. The maximum Gasteiger partial charge on any atom is 0.159 e. The topological polar surface area (TPSA) is 16.4 Å². The molecule has 0 bridgehead atoms. The van der Waals surface area contributed by atoms with Crippen molar-refractivity contribution in [2.24, 2.45) is 0 Å². The molecular formula is C46H35NOS. The molecule has 0 unspecified atom stereocenters. The lowest BCUT2D eigenvalue weighted by Crippen LogP contribution is -2.10. The molecule has 9 aromatic rings. The van der Waals surface area contributed by atoms with Crippen LogP contribution in [0.3, 0.4) is 0 Å². The van der Waals surface area contributed by atoms with Crippen molar-refractivity contribution in [2.45, 2.75) is 26.2 Å². The molecule has 0 atom stereocenters. The monoisotopic (exact) mass is 649 g/mol. The lowest BCUT2D eigenvalue weighted by Gasteiger charge is -2.26. The Kier molecular flexibility index (Phi) is 6.93. The predicted molar refractivity (Wildman–Crippen MR) is 211 cm³/mol. The average molecular weight is 650 g/mol. The Labute approximate surface area is 290 Å². The van der Waals surface area contributed by atoms with Crippen molar-refractivity contribution in [1.29, 1.82) is 0 Å². The Bertz CT molecular complexity index is 2620. The minimum atomic E-state index is 0.0464. The van der Waals surface area contributed by atoms with E-state index in [-0.39, 0.29) is 5.41 Å². The molecule has 236 valence electrons. The predicted octanol–water partition coefficient (Wildman–Crippen LogP) is 14.1. The molecule has 9 rings (SSSR count). The van der Waals surface area contributed by atoms with E-state index in [9.17, 15) is 0 Å². The molecule has 0 amide bonds. The number of rotatable bonds is 5. The summed E-state index contributed by atoms with van der Waals surface area (Å²) in [7, 11) is 0. The van der Waals surface area contributed by atoms with Gasteiger partial charge in [0.2, 0.25) is 0 Å². The van der Waals surface area contributed by atoms with Gasteiger partial charge in [-0.05, 0) is 93.9 Å². The number of thiophene rings is 1. The molecule has 2 heterocycles. The first-order valence-corrected chi connectivity index (χ1v) is 17.7. The van der Waals surface area contributed by atoms with E-state index < -0.39 is 0 Å². The molecule has 0 saturated carbocycles. The summed E-state index contributed by atoms with van der Waals surface area (Å²) in [5.74, 6) is 0. The summed E-state index contributed by atoms with van der Waals surface area (Å²) in [5.41, 5.74) is 11.1. The lowest BCUT2D eigenvalue weighted by atomic mass is 9.86. The number of furan rings is 1. The van der Waals surface area contributed by atoms with E-state index in [1.165, 1.54) is 48.0 Å². The highest BCUT2D eigenvalue weighted by Crippen LogP contribution is 2.44. The number of para-hydroxylation sites is 1. The van der Waals surface area contributed by atoms with E-state index in [4.69, 9.17) is 4.42 Å². The van der Waals surface area contributed by atoms with Crippen LogP contribution in [0.15, 0.2) is 162 Å². The van der Waals surface area contributed by atoms with Crippen LogP contribution in [0.25, 0.3) is 64.4 Å². The SMILES string of the molecule is CC(C)(C)c1ccc2oc3c(N(c4ccc(-c5ccccc5)cc4)c4ccc(-c5ccc6sc7ccccc7c6c5)cc4)cccc3c2c1. The Hall–Kier alpha value is -5.64. The number of anilines is 3. The van der Waals surface area contributed by atoms with Gasteiger partial charge in [-0.1, -0.05) is 118 Å². The zero-order chi connectivity index (χ0) is 33.1. The van der Waals surface area contributed by atoms with Crippen LogP contribution in [0, 0.1) is 0 Å². The molecule has 0 N–H and O–H groups in total. The minimum absolute atomic E-state index is 0.0464. The van der Waals surface area contributed by atoms with E-state index in [0.717, 1.165) is 39.0 Å². The molecule has 0 spiro atoms. The molecule has 3 heteroatoms. The van der Waals surface area contributed by atoms with Crippen LogP contribution in [0.2, 0.25) is 0 Å². The summed E-state index contributed by atoms with van der Waals surface area (Å²) in [4.78, 5) is 2.32. The van der Waals surface area contributed by atoms with Crippen molar-refractivity contribution >= 4 is 70.5 Å².